The number of thiophene rings is 1. The number of hydrogen-bond acceptors (Lipinski definition) is 2. The summed E-state index contributed by atoms with van der Waals surface area (Å²) in [6, 6.07) is 4.76. The molecule has 0 amide bonds. The van der Waals surface area contributed by atoms with E-state index in [0.717, 1.165) is 11.8 Å². The first-order chi connectivity index (χ1) is 7.31. The summed E-state index contributed by atoms with van der Waals surface area (Å²) in [5, 5.41) is 2.14. The Morgan fingerprint density at radius 2 is 2.27 bits per heavy atom. The Balaban J connectivity index is 2.01. The van der Waals surface area contributed by atoms with Crippen molar-refractivity contribution in [2.24, 2.45) is 5.92 Å². The fourth-order valence-corrected chi connectivity index (χ4v) is 3.49. The molecule has 1 aliphatic rings. The number of piperidine rings is 1. The minimum atomic E-state index is 0.444. The molecule has 1 atom stereocenters. The summed E-state index contributed by atoms with van der Waals surface area (Å²) in [4.78, 5) is 3.96. The molecule has 1 fully saturated rings. The number of hydrogen-bond donors (Lipinski definition) is 0. The van der Waals surface area contributed by atoms with Crippen molar-refractivity contribution in [2.45, 2.75) is 25.8 Å². The third-order valence-electron chi connectivity index (χ3n) is 3.28. The minimum absolute atomic E-state index is 0.444. The second kappa shape index (κ2) is 5.33. The van der Waals surface area contributed by atoms with Gasteiger partial charge in [-0.2, -0.15) is 0 Å². The summed E-state index contributed by atoms with van der Waals surface area (Å²) in [5.74, 6) is 1.61. The van der Waals surface area contributed by atoms with E-state index in [-0.39, 0.29) is 0 Å². The zero-order chi connectivity index (χ0) is 10.7. The first-order valence-corrected chi connectivity index (χ1v) is 7.06. The van der Waals surface area contributed by atoms with Crippen molar-refractivity contribution >= 4 is 22.9 Å². The SMILES string of the molecule is CC1CCN(C(CCl)c2cccs2)CC1. The summed E-state index contributed by atoms with van der Waals surface area (Å²) in [7, 11) is 0. The molecule has 2 heterocycles. The fourth-order valence-electron chi connectivity index (χ4n) is 2.17. The number of nitrogens with zero attached hydrogens (tertiary/aromatic N) is 1. The second-order valence-electron chi connectivity index (χ2n) is 4.40. The van der Waals surface area contributed by atoms with E-state index in [0.29, 0.717) is 6.04 Å². The van der Waals surface area contributed by atoms with Crippen LogP contribution in [0.15, 0.2) is 17.5 Å². The molecular weight excluding hydrogens is 226 g/mol. The second-order valence-corrected chi connectivity index (χ2v) is 5.69. The Hall–Kier alpha value is -0.0500. The van der Waals surface area contributed by atoms with Gasteiger partial charge in [0.1, 0.15) is 0 Å². The van der Waals surface area contributed by atoms with Crippen LogP contribution in [0, 0.1) is 5.92 Å². The van der Waals surface area contributed by atoms with Crippen molar-refractivity contribution < 1.29 is 0 Å². The summed E-state index contributed by atoms with van der Waals surface area (Å²) in [6.07, 6.45) is 2.64. The van der Waals surface area contributed by atoms with Gasteiger partial charge in [0.05, 0.1) is 6.04 Å². The molecule has 15 heavy (non-hydrogen) atoms. The van der Waals surface area contributed by atoms with E-state index in [4.69, 9.17) is 11.6 Å². The molecule has 1 aromatic heterocycles. The van der Waals surface area contributed by atoms with E-state index in [9.17, 15) is 0 Å². The maximum atomic E-state index is 6.09. The third-order valence-corrected chi connectivity index (χ3v) is 4.54. The topological polar surface area (TPSA) is 3.24 Å². The molecule has 0 bridgehead atoms. The van der Waals surface area contributed by atoms with Gasteiger partial charge in [-0.25, -0.2) is 0 Å². The molecule has 1 aliphatic heterocycles. The predicted octanol–water partition coefficient (Wildman–Crippen LogP) is 3.76. The molecule has 1 nitrogen and oxygen atoms in total. The van der Waals surface area contributed by atoms with Crippen molar-refractivity contribution in [1.29, 1.82) is 0 Å². The van der Waals surface area contributed by atoms with Gasteiger partial charge < -0.3 is 0 Å². The Labute approximate surface area is 101 Å². The molecule has 1 aromatic rings. The molecule has 0 spiro atoms. The van der Waals surface area contributed by atoms with Crippen LogP contribution in [-0.4, -0.2) is 23.9 Å². The van der Waals surface area contributed by atoms with Crippen LogP contribution in [0.25, 0.3) is 0 Å². The zero-order valence-electron chi connectivity index (χ0n) is 9.16. The highest BCUT2D eigenvalue weighted by Gasteiger charge is 2.24. The predicted molar refractivity (Wildman–Crippen MR) is 67.8 cm³/mol. The monoisotopic (exact) mass is 243 g/mol. The molecule has 0 aliphatic carbocycles. The highest BCUT2D eigenvalue weighted by Crippen LogP contribution is 2.30. The van der Waals surface area contributed by atoms with E-state index < -0.39 is 0 Å². The lowest BCUT2D eigenvalue weighted by molar-refractivity contribution is 0.151. The molecular formula is C12H18ClNS. The van der Waals surface area contributed by atoms with Gasteiger partial charge in [0.2, 0.25) is 0 Å². The van der Waals surface area contributed by atoms with E-state index in [1.54, 1.807) is 0 Å². The molecule has 3 heteroatoms. The summed E-state index contributed by atoms with van der Waals surface area (Å²) >= 11 is 7.92. The molecule has 0 radical (unpaired) electrons. The fraction of sp³-hybridized carbons (Fsp3) is 0.667. The maximum absolute atomic E-state index is 6.09. The van der Waals surface area contributed by atoms with Crippen molar-refractivity contribution in [1.82, 2.24) is 4.90 Å². The number of rotatable bonds is 3. The summed E-state index contributed by atoms with van der Waals surface area (Å²) in [6.45, 7) is 4.76. The van der Waals surface area contributed by atoms with Gasteiger partial charge >= 0.3 is 0 Å². The Bertz CT molecular complexity index is 278. The van der Waals surface area contributed by atoms with E-state index in [2.05, 4.69) is 29.3 Å². The Morgan fingerprint density at radius 1 is 1.53 bits per heavy atom. The normalized spacial score (nSPS) is 21.7. The van der Waals surface area contributed by atoms with Crippen LogP contribution < -0.4 is 0 Å². The molecule has 0 aromatic carbocycles. The van der Waals surface area contributed by atoms with E-state index in [1.165, 1.54) is 30.8 Å². The van der Waals surface area contributed by atoms with Crippen LogP contribution >= 0.6 is 22.9 Å². The first kappa shape index (κ1) is 11.4. The van der Waals surface area contributed by atoms with E-state index >= 15 is 0 Å². The molecule has 0 N–H and O–H groups in total. The van der Waals surface area contributed by atoms with Crippen molar-refractivity contribution in [3.05, 3.63) is 22.4 Å². The standard InChI is InChI=1S/C12H18ClNS/c1-10-4-6-14(7-5-10)11(9-13)12-3-2-8-15-12/h2-3,8,10-11H,4-7,9H2,1H3. The average molecular weight is 244 g/mol. The average Bonchev–Trinajstić information content (AvgIpc) is 2.75. The van der Waals surface area contributed by atoms with E-state index in [1.807, 2.05) is 11.3 Å². The van der Waals surface area contributed by atoms with Gasteiger partial charge in [0.25, 0.3) is 0 Å². The van der Waals surface area contributed by atoms with Crippen molar-refractivity contribution in [2.75, 3.05) is 19.0 Å². The largest absolute Gasteiger partial charge is 0.294 e. The molecule has 1 unspecified atom stereocenters. The van der Waals surface area contributed by atoms with Gasteiger partial charge in [0.15, 0.2) is 0 Å². The summed E-state index contributed by atoms with van der Waals surface area (Å²) in [5.41, 5.74) is 0. The summed E-state index contributed by atoms with van der Waals surface area (Å²) < 4.78 is 0. The zero-order valence-corrected chi connectivity index (χ0v) is 10.7. The quantitative estimate of drug-likeness (QED) is 0.731. The van der Waals surface area contributed by atoms with Gasteiger partial charge in [-0.15, -0.1) is 22.9 Å². The smallest absolute Gasteiger partial charge is 0.0577 e. The third kappa shape index (κ3) is 2.74. The van der Waals surface area contributed by atoms with Crippen LogP contribution in [0.3, 0.4) is 0 Å². The van der Waals surface area contributed by atoms with Crippen molar-refractivity contribution in [3.63, 3.8) is 0 Å². The van der Waals surface area contributed by atoms with Crippen LogP contribution in [0.2, 0.25) is 0 Å². The number of alkyl halides is 1. The van der Waals surface area contributed by atoms with Crippen LogP contribution in [0.1, 0.15) is 30.7 Å². The lowest BCUT2D eigenvalue weighted by Gasteiger charge is -2.35. The van der Waals surface area contributed by atoms with Crippen LogP contribution in [0.4, 0.5) is 0 Å². The van der Waals surface area contributed by atoms with Gasteiger partial charge in [0, 0.05) is 10.8 Å². The minimum Gasteiger partial charge on any atom is -0.294 e. The maximum Gasteiger partial charge on any atom is 0.0577 e. The van der Waals surface area contributed by atoms with Gasteiger partial charge in [-0.1, -0.05) is 13.0 Å². The molecule has 1 saturated heterocycles. The lowest BCUT2D eigenvalue weighted by atomic mass is 9.98. The van der Waals surface area contributed by atoms with Crippen molar-refractivity contribution in [3.8, 4) is 0 Å². The lowest BCUT2D eigenvalue weighted by Crippen LogP contribution is -2.36. The molecule has 84 valence electrons. The highest BCUT2D eigenvalue weighted by atomic mass is 35.5. The highest BCUT2D eigenvalue weighted by molar-refractivity contribution is 7.10. The van der Waals surface area contributed by atoms with Gasteiger partial charge in [-0.3, -0.25) is 4.90 Å². The number of halogens is 1. The first-order valence-electron chi connectivity index (χ1n) is 5.64. The molecule has 0 saturated carbocycles. The number of likely N-dealkylation sites (tertiary alicyclic amines) is 1. The Morgan fingerprint density at radius 3 is 2.80 bits per heavy atom. The van der Waals surface area contributed by atoms with Crippen LogP contribution in [-0.2, 0) is 0 Å². The van der Waals surface area contributed by atoms with Crippen LogP contribution in [0.5, 0.6) is 0 Å². The Kier molecular flexibility index (Phi) is 4.06. The van der Waals surface area contributed by atoms with Gasteiger partial charge in [-0.05, 0) is 43.3 Å². The molecule has 2 rings (SSSR count).